The zero-order chi connectivity index (χ0) is 26.8. The molecule has 1 aliphatic heterocycles. The van der Waals surface area contributed by atoms with Gasteiger partial charge in [-0.25, -0.2) is 15.0 Å². The third-order valence-corrected chi connectivity index (χ3v) is 7.68. The van der Waals surface area contributed by atoms with Crippen molar-refractivity contribution in [2.75, 3.05) is 11.9 Å². The average Bonchev–Trinajstić information content (AvgIpc) is 3.55. The van der Waals surface area contributed by atoms with Crippen LogP contribution in [0.15, 0.2) is 67.3 Å². The number of amides is 1. The van der Waals surface area contributed by atoms with Gasteiger partial charge in [0.25, 0.3) is 5.91 Å². The fraction of sp³-hybridized carbons (Fsp3) is 0.379. The number of rotatable bonds is 7. The van der Waals surface area contributed by atoms with Gasteiger partial charge in [-0.05, 0) is 36.1 Å². The van der Waals surface area contributed by atoms with E-state index in [0.717, 1.165) is 24.0 Å². The van der Waals surface area contributed by atoms with E-state index < -0.39 is 31.1 Å². The fourth-order valence-electron chi connectivity index (χ4n) is 5.55. The van der Waals surface area contributed by atoms with Crippen LogP contribution < -0.4 is 10.6 Å². The van der Waals surface area contributed by atoms with Crippen molar-refractivity contribution in [3.63, 3.8) is 0 Å². The van der Waals surface area contributed by atoms with Crippen LogP contribution in [0.3, 0.4) is 0 Å². The van der Waals surface area contributed by atoms with Gasteiger partial charge in [0.15, 0.2) is 23.2 Å². The Kier molecular flexibility index (Phi) is 7.23. The largest absolute Gasteiger partial charge is 0.394 e. The summed E-state index contributed by atoms with van der Waals surface area (Å²) in [7, 11) is 0. The minimum Gasteiger partial charge on any atom is -0.394 e. The summed E-state index contributed by atoms with van der Waals surface area (Å²) in [6.45, 7) is -0.397. The van der Waals surface area contributed by atoms with Gasteiger partial charge in [0.1, 0.15) is 24.6 Å². The Morgan fingerprint density at radius 2 is 1.72 bits per heavy atom. The Morgan fingerprint density at radius 1 is 0.974 bits per heavy atom. The normalized spacial score (nSPS) is 23.6. The third kappa shape index (κ3) is 5.10. The molecular formula is C29H32N6O4. The Bertz CT molecular complexity index is 1420. The predicted octanol–water partition coefficient (Wildman–Crippen LogP) is 3.29. The van der Waals surface area contributed by atoms with Crippen molar-refractivity contribution in [2.24, 2.45) is 0 Å². The maximum absolute atomic E-state index is 13.2. The first-order valence-electron chi connectivity index (χ1n) is 13.5. The summed E-state index contributed by atoms with van der Waals surface area (Å²) in [6.07, 6.45) is 6.02. The van der Waals surface area contributed by atoms with E-state index in [2.05, 4.69) is 25.6 Å². The van der Waals surface area contributed by atoms with E-state index in [-0.39, 0.29) is 5.91 Å². The lowest BCUT2D eigenvalue weighted by molar-refractivity contribution is -0.0440. The minimum atomic E-state index is -1.13. The van der Waals surface area contributed by atoms with Crippen LogP contribution >= 0.6 is 0 Å². The molecule has 1 saturated heterocycles. The molecule has 0 radical (unpaired) electrons. The lowest BCUT2D eigenvalue weighted by Gasteiger charge is -2.24. The maximum atomic E-state index is 13.2. The quantitative estimate of drug-likeness (QED) is 0.287. The summed E-state index contributed by atoms with van der Waals surface area (Å²) in [5.74, 6) is 0.298. The van der Waals surface area contributed by atoms with E-state index in [1.807, 2.05) is 42.5 Å². The number of ether oxygens (including phenoxy) is 1. The summed E-state index contributed by atoms with van der Waals surface area (Å²) in [6, 6.07) is 16.7. The molecule has 1 saturated carbocycles. The zero-order valence-electron chi connectivity index (χ0n) is 21.5. The minimum absolute atomic E-state index is 0.339. The number of nitrogens with one attached hydrogen (secondary N) is 2. The molecule has 2 aromatic carbocycles. The predicted molar refractivity (Wildman–Crippen MR) is 146 cm³/mol. The molecule has 2 aromatic heterocycles. The molecule has 2 aliphatic rings. The van der Waals surface area contributed by atoms with E-state index in [9.17, 15) is 15.0 Å². The van der Waals surface area contributed by atoms with Crippen LogP contribution in [0.2, 0.25) is 0 Å². The first kappa shape index (κ1) is 25.4. The number of aliphatic hydroxyl groups excluding tert-OH is 2. The van der Waals surface area contributed by atoms with Crippen LogP contribution in [0.5, 0.6) is 0 Å². The lowest BCUT2D eigenvalue weighted by Crippen LogP contribution is -2.46. The second kappa shape index (κ2) is 11.1. The van der Waals surface area contributed by atoms with Crippen LogP contribution in [0.25, 0.3) is 22.3 Å². The molecule has 0 bridgehead atoms. The number of anilines is 1. The van der Waals surface area contributed by atoms with Gasteiger partial charge in [-0.2, -0.15) is 0 Å². The molecule has 6 rings (SSSR count). The van der Waals surface area contributed by atoms with E-state index in [0.29, 0.717) is 28.6 Å². The van der Waals surface area contributed by atoms with Gasteiger partial charge in [0.05, 0.1) is 12.9 Å². The van der Waals surface area contributed by atoms with Crippen LogP contribution in [-0.4, -0.2) is 66.5 Å². The van der Waals surface area contributed by atoms with Crippen LogP contribution in [0.4, 0.5) is 5.82 Å². The second-order valence-corrected chi connectivity index (χ2v) is 10.2. The van der Waals surface area contributed by atoms with Gasteiger partial charge in [0.2, 0.25) is 0 Å². The highest BCUT2D eigenvalue weighted by Gasteiger charge is 2.46. The molecule has 4 atom stereocenters. The second-order valence-electron chi connectivity index (χ2n) is 10.2. The first-order valence-corrected chi connectivity index (χ1v) is 13.5. The fourth-order valence-corrected chi connectivity index (χ4v) is 5.55. The monoisotopic (exact) mass is 528 g/mol. The van der Waals surface area contributed by atoms with Gasteiger partial charge >= 0.3 is 0 Å². The van der Waals surface area contributed by atoms with Crippen molar-refractivity contribution in [1.29, 1.82) is 0 Å². The molecule has 2 fully saturated rings. The number of carbonyl (C=O) groups is 1. The number of imidazole rings is 1. The third-order valence-electron chi connectivity index (χ3n) is 7.68. The Labute approximate surface area is 226 Å². The molecule has 10 nitrogen and oxygen atoms in total. The van der Waals surface area contributed by atoms with E-state index in [1.54, 1.807) is 23.0 Å². The number of hydrogen-bond donors (Lipinski definition) is 4. The molecule has 0 unspecified atom stereocenters. The summed E-state index contributed by atoms with van der Waals surface area (Å²) in [4.78, 5) is 26.7. The summed E-state index contributed by atoms with van der Waals surface area (Å²) in [5.41, 5.74) is 3.61. The summed E-state index contributed by atoms with van der Waals surface area (Å²) in [5, 5.41) is 27.2. The Balaban J connectivity index is 1.24. The molecule has 1 amide bonds. The van der Waals surface area contributed by atoms with Crippen LogP contribution in [-0.2, 0) is 4.74 Å². The van der Waals surface area contributed by atoms with E-state index in [4.69, 9.17) is 4.74 Å². The number of carbonyl (C=O) groups excluding carboxylic acids is 1. The lowest BCUT2D eigenvalue weighted by atomic mass is 9.95. The van der Waals surface area contributed by atoms with Crippen LogP contribution in [0.1, 0.15) is 48.7 Å². The Morgan fingerprint density at radius 3 is 2.46 bits per heavy atom. The van der Waals surface area contributed by atoms with Gasteiger partial charge < -0.3 is 25.6 Å². The molecular weight excluding hydrogens is 496 g/mol. The van der Waals surface area contributed by atoms with Crippen molar-refractivity contribution < 1.29 is 19.7 Å². The molecule has 202 valence electrons. The Hall–Kier alpha value is -3.86. The standard InChI is InChI=1S/C29H32N6O4/c36-15-22-25(37)23(34-28(38)20-13-11-19(12-14-20)18-7-3-1-4-8-18)29(39-22)35-17-32-24-26(30-16-31-27(24)35)33-21-9-5-2-6-10-21/h1,3-4,7-8,11-14,16-17,21-23,25,29,36-37H,2,5-6,9-10,15H2,(H,34,38)(H,30,31,33)/t22-,23-,25-,29-/m1/s1. The van der Waals surface area contributed by atoms with Crippen LogP contribution in [0, 0.1) is 0 Å². The highest BCUT2D eigenvalue weighted by Crippen LogP contribution is 2.33. The molecule has 1 aliphatic carbocycles. The van der Waals surface area contributed by atoms with Crippen molar-refractivity contribution in [2.45, 2.75) is 62.6 Å². The molecule has 4 aromatic rings. The highest BCUT2D eigenvalue weighted by molar-refractivity contribution is 5.95. The number of hydrogen-bond acceptors (Lipinski definition) is 8. The SMILES string of the molecule is O=C(N[C@@H]1[C@H](O)[C@@H](CO)O[C@H]1n1cnc2c(NC3CCCCC3)ncnc21)c1ccc(-c2ccccc2)cc1. The first-order chi connectivity index (χ1) is 19.1. The number of aliphatic hydroxyl groups is 2. The number of benzene rings is 2. The zero-order valence-corrected chi connectivity index (χ0v) is 21.5. The van der Waals surface area contributed by atoms with Gasteiger partial charge in [-0.3, -0.25) is 9.36 Å². The van der Waals surface area contributed by atoms with Gasteiger partial charge in [-0.1, -0.05) is 61.7 Å². The highest BCUT2D eigenvalue weighted by atomic mass is 16.5. The smallest absolute Gasteiger partial charge is 0.251 e. The summed E-state index contributed by atoms with van der Waals surface area (Å²) >= 11 is 0. The number of aromatic nitrogens is 4. The molecule has 4 N–H and O–H groups in total. The molecule has 39 heavy (non-hydrogen) atoms. The molecule has 10 heteroatoms. The van der Waals surface area contributed by atoms with Crippen molar-refractivity contribution in [3.8, 4) is 11.1 Å². The molecule has 3 heterocycles. The van der Waals surface area contributed by atoms with E-state index >= 15 is 0 Å². The average molecular weight is 529 g/mol. The van der Waals surface area contributed by atoms with Crippen molar-refractivity contribution in [3.05, 3.63) is 72.8 Å². The molecule has 0 spiro atoms. The van der Waals surface area contributed by atoms with Gasteiger partial charge in [0, 0.05) is 11.6 Å². The maximum Gasteiger partial charge on any atom is 0.251 e. The summed E-state index contributed by atoms with van der Waals surface area (Å²) < 4.78 is 7.70. The number of fused-ring (bicyclic) bond motifs is 1. The van der Waals surface area contributed by atoms with E-state index in [1.165, 1.54) is 25.6 Å². The van der Waals surface area contributed by atoms with Crippen molar-refractivity contribution >= 4 is 22.9 Å². The number of nitrogens with zero attached hydrogens (tertiary/aromatic N) is 4. The van der Waals surface area contributed by atoms with Crippen molar-refractivity contribution in [1.82, 2.24) is 24.8 Å². The van der Waals surface area contributed by atoms with Gasteiger partial charge in [-0.15, -0.1) is 0 Å². The topological polar surface area (TPSA) is 134 Å².